The van der Waals surface area contributed by atoms with Gasteiger partial charge in [0.05, 0.1) is 19.6 Å². The number of unbranched alkanes of at least 4 members (excludes halogenated alkanes) is 3. The molecule has 4 nitrogen and oxygen atoms in total. The molecule has 0 spiro atoms. The first kappa shape index (κ1) is 32.8. The standard InChI is InChI=1S/C20H18O3.C18H32N/c1-20(14-2-8-17(21)9-3-14,15-4-10-18(22)11-5-15)16-6-12-19(23)13-7-16;1-4-7-15-19(16-8-5-2,17-9-6-3)18-13-11-10-12-14-18/h2-13,21-23H,1H3;10-14H,4-9,15-17H2,1-3H3/q;+1/p-1. The van der Waals surface area contributed by atoms with Gasteiger partial charge in [-0.15, -0.1) is 5.75 Å². The maximum absolute atomic E-state index is 11.4. The largest absolute Gasteiger partial charge is 0.872 e. The number of benzene rings is 4. The normalized spacial score (nSPS) is 11.5. The summed E-state index contributed by atoms with van der Waals surface area (Å²) in [5.41, 5.74) is 3.96. The number of nitrogens with zero attached hydrogens (tertiary/aromatic N) is 1. The van der Waals surface area contributed by atoms with Gasteiger partial charge in [-0.05, 0) is 79.3 Å². The van der Waals surface area contributed by atoms with Gasteiger partial charge in [-0.25, -0.2) is 0 Å². The van der Waals surface area contributed by atoms with Crippen LogP contribution < -0.4 is 9.59 Å². The average Bonchev–Trinajstić information content (AvgIpc) is 3.02. The monoisotopic (exact) mass is 567 g/mol. The summed E-state index contributed by atoms with van der Waals surface area (Å²) in [6, 6.07) is 32.0. The van der Waals surface area contributed by atoms with E-state index in [2.05, 4.69) is 58.0 Å². The maximum Gasteiger partial charge on any atom is 0.132 e. The fraction of sp³-hybridized carbons (Fsp3) is 0.368. The third-order valence-electron chi connectivity index (χ3n) is 8.44. The van der Waals surface area contributed by atoms with Crippen molar-refractivity contribution in [1.82, 2.24) is 4.48 Å². The van der Waals surface area contributed by atoms with Gasteiger partial charge in [0, 0.05) is 5.41 Å². The van der Waals surface area contributed by atoms with Crippen molar-refractivity contribution in [1.29, 1.82) is 0 Å². The summed E-state index contributed by atoms with van der Waals surface area (Å²) in [6.07, 6.45) is 7.90. The van der Waals surface area contributed by atoms with Crippen LogP contribution in [0.15, 0.2) is 103 Å². The Bertz CT molecular complexity index is 1170. The van der Waals surface area contributed by atoms with Crippen molar-refractivity contribution in [3.05, 3.63) is 120 Å². The molecular formula is C38H49NO3. The summed E-state index contributed by atoms with van der Waals surface area (Å²) < 4.78 is 1.20. The minimum Gasteiger partial charge on any atom is -0.872 e. The molecule has 0 heterocycles. The molecule has 0 fully saturated rings. The van der Waals surface area contributed by atoms with Crippen molar-refractivity contribution in [2.24, 2.45) is 0 Å². The minimum atomic E-state index is -0.505. The van der Waals surface area contributed by atoms with Crippen molar-refractivity contribution < 1.29 is 15.3 Å². The Morgan fingerprint density at radius 1 is 0.548 bits per heavy atom. The molecule has 0 saturated heterocycles. The van der Waals surface area contributed by atoms with Gasteiger partial charge in [0.15, 0.2) is 0 Å². The summed E-state index contributed by atoms with van der Waals surface area (Å²) in [7, 11) is 0. The second kappa shape index (κ2) is 16.0. The molecule has 0 saturated carbocycles. The fourth-order valence-electron chi connectivity index (χ4n) is 5.73. The Balaban J connectivity index is 0.000000236. The number of quaternary nitrogens is 1. The molecule has 0 bridgehead atoms. The van der Waals surface area contributed by atoms with Crippen molar-refractivity contribution >= 4 is 5.69 Å². The van der Waals surface area contributed by atoms with Gasteiger partial charge in [-0.2, -0.15) is 0 Å². The highest BCUT2D eigenvalue weighted by Gasteiger charge is 2.31. The van der Waals surface area contributed by atoms with Gasteiger partial charge in [-0.3, -0.25) is 4.48 Å². The fourth-order valence-corrected chi connectivity index (χ4v) is 5.73. The Morgan fingerprint density at radius 2 is 0.905 bits per heavy atom. The molecule has 224 valence electrons. The predicted octanol–water partition coefficient (Wildman–Crippen LogP) is 8.92. The van der Waals surface area contributed by atoms with Gasteiger partial charge in [-0.1, -0.05) is 107 Å². The number of phenols is 2. The molecule has 0 unspecified atom stereocenters. The third-order valence-corrected chi connectivity index (χ3v) is 8.44. The van der Waals surface area contributed by atoms with E-state index >= 15 is 0 Å². The van der Waals surface area contributed by atoms with Crippen LogP contribution in [0.2, 0.25) is 0 Å². The molecule has 0 amide bonds. The average molecular weight is 568 g/mol. The topological polar surface area (TPSA) is 63.5 Å². The van der Waals surface area contributed by atoms with Crippen molar-refractivity contribution in [3.8, 4) is 17.2 Å². The molecule has 0 radical (unpaired) electrons. The van der Waals surface area contributed by atoms with Gasteiger partial charge in [0.25, 0.3) is 0 Å². The van der Waals surface area contributed by atoms with E-state index in [0.717, 1.165) is 16.7 Å². The number of hydrogen-bond donors (Lipinski definition) is 2. The first-order valence-corrected chi connectivity index (χ1v) is 15.6. The lowest BCUT2D eigenvalue weighted by Gasteiger charge is -2.38. The van der Waals surface area contributed by atoms with E-state index in [1.165, 1.54) is 68.3 Å². The van der Waals surface area contributed by atoms with E-state index in [1.807, 2.05) is 36.4 Å². The Morgan fingerprint density at radius 3 is 1.26 bits per heavy atom. The summed E-state index contributed by atoms with van der Waals surface area (Å²) in [4.78, 5) is 0. The molecule has 42 heavy (non-hydrogen) atoms. The summed E-state index contributed by atoms with van der Waals surface area (Å²) in [5.74, 6) is 0.376. The number of aromatic hydroxyl groups is 2. The molecule has 2 N–H and O–H groups in total. The molecule has 0 aromatic heterocycles. The highest BCUT2D eigenvalue weighted by molar-refractivity contribution is 5.51. The van der Waals surface area contributed by atoms with Crippen LogP contribution in [0.25, 0.3) is 0 Å². The molecule has 4 heteroatoms. The summed E-state index contributed by atoms with van der Waals surface area (Å²) >= 11 is 0. The highest BCUT2D eigenvalue weighted by Crippen LogP contribution is 2.40. The zero-order valence-corrected chi connectivity index (χ0v) is 25.9. The van der Waals surface area contributed by atoms with E-state index in [9.17, 15) is 15.3 Å². The summed E-state index contributed by atoms with van der Waals surface area (Å²) in [5, 5.41) is 30.6. The zero-order valence-electron chi connectivity index (χ0n) is 25.9. The molecule has 0 aliphatic carbocycles. The highest BCUT2D eigenvalue weighted by atomic mass is 16.3. The van der Waals surface area contributed by atoms with Gasteiger partial charge in [0.1, 0.15) is 17.2 Å². The SMILES string of the molecule is CC(c1ccc([O-])cc1)(c1ccc(O)cc1)c1ccc(O)cc1.CCCC[N+](CCCC)(CCCC)c1ccccc1. The van der Waals surface area contributed by atoms with Crippen LogP contribution in [0.5, 0.6) is 17.2 Å². The second-order valence-corrected chi connectivity index (χ2v) is 11.5. The second-order valence-electron chi connectivity index (χ2n) is 11.5. The van der Waals surface area contributed by atoms with Gasteiger partial charge < -0.3 is 15.3 Å². The number of rotatable bonds is 13. The maximum atomic E-state index is 11.4. The van der Waals surface area contributed by atoms with Crippen LogP contribution in [0.4, 0.5) is 5.69 Å². The van der Waals surface area contributed by atoms with E-state index in [0.29, 0.717) is 0 Å². The van der Waals surface area contributed by atoms with Crippen LogP contribution in [0, 0.1) is 0 Å². The molecule has 4 aromatic rings. The third kappa shape index (κ3) is 8.39. The Kier molecular flexibility index (Phi) is 12.5. The van der Waals surface area contributed by atoms with Crippen LogP contribution in [0.3, 0.4) is 0 Å². The first-order chi connectivity index (χ1) is 20.3. The molecular weight excluding hydrogens is 518 g/mol. The van der Waals surface area contributed by atoms with Gasteiger partial charge in [0.2, 0.25) is 0 Å². The molecule has 0 atom stereocenters. The van der Waals surface area contributed by atoms with Crippen LogP contribution in [0.1, 0.15) is 82.9 Å². The Labute approximate surface area is 253 Å². The lowest BCUT2D eigenvalue weighted by atomic mass is 9.71. The van der Waals surface area contributed by atoms with Crippen LogP contribution >= 0.6 is 0 Å². The lowest BCUT2D eigenvalue weighted by molar-refractivity contribution is -0.268. The minimum absolute atomic E-state index is 0.0347. The van der Waals surface area contributed by atoms with E-state index in [-0.39, 0.29) is 17.2 Å². The van der Waals surface area contributed by atoms with Gasteiger partial charge >= 0.3 is 0 Å². The van der Waals surface area contributed by atoms with E-state index in [1.54, 1.807) is 36.4 Å². The van der Waals surface area contributed by atoms with Crippen molar-refractivity contribution in [2.75, 3.05) is 19.6 Å². The van der Waals surface area contributed by atoms with Crippen LogP contribution in [-0.4, -0.2) is 29.8 Å². The smallest absolute Gasteiger partial charge is 0.132 e. The molecule has 0 aliphatic rings. The quantitative estimate of drug-likeness (QED) is 0.125. The Hall–Kier alpha value is -3.76. The van der Waals surface area contributed by atoms with E-state index < -0.39 is 5.41 Å². The van der Waals surface area contributed by atoms with Crippen molar-refractivity contribution in [2.45, 2.75) is 71.6 Å². The first-order valence-electron chi connectivity index (χ1n) is 15.6. The number of para-hydroxylation sites is 1. The predicted molar refractivity (Wildman–Crippen MR) is 175 cm³/mol. The number of hydrogen-bond acceptors (Lipinski definition) is 3. The molecule has 4 aromatic carbocycles. The zero-order chi connectivity index (χ0) is 30.4. The molecule has 4 rings (SSSR count). The van der Waals surface area contributed by atoms with Crippen LogP contribution in [-0.2, 0) is 5.41 Å². The number of phenolic OH excluding ortho intramolecular Hbond substituents is 2. The van der Waals surface area contributed by atoms with Crippen molar-refractivity contribution in [3.63, 3.8) is 0 Å². The van der Waals surface area contributed by atoms with E-state index in [4.69, 9.17) is 0 Å². The lowest BCUT2D eigenvalue weighted by Crippen LogP contribution is -2.51. The summed E-state index contributed by atoms with van der Waals surface area (Å²) in [6.45, 7) is 12.9. The molecule has 0 aliphatic heterocycles.